The van der Waals surface area contributed by atoms with Crippen molar-refractivity contribution in [2.24, 2.45) is 5.73 Å². The molecule has 0 spiro atoms. The molecule has 0 aliphatic rings. The maximum Gasteiger partial charge on any atom is 0.00758 e. The second-order valence-electron chi connectivity index (χ2n) is 2.91. The van der Waals surface area contributed by atoms with Crippen molar-refractivity contribution < 1.29 is 0 Å². The smallest absolute Gasteiger partial charge is 0.00758 e. The first-order valence-corrected chi connectivity index (χ1v) is 4.12. The molecule has 2 heteroatoms. The SMILES string of the molecule is CCCN(C)C(C)CCN. The summed E-state index contributed by atoms with van der Waals surface area (Å²) in [5.41, 5.74) is 5.44. The van der Waals surface area contributed by atoms with Crippen LogP contribution in [0.4, 0.5) is 0 Å². The Hall–Kier alpha value is -0.0800. The highest BCUT2D eigenvalue weighted by Gasteiger charge is 2.05. The molecule has 0 aromatic rings. The standard InChI is InChI=1S/C8H20N2/c1-4-7-10(3)8(2)5-6-9/h8H,4-7,9H2,1-3H3. The largest absolute Gasteiger partial charge is 0.330 e. The first-order chi connectivity index (χ1) is 4.72. The first-order valence-electron chi connectivity index (χ1n) is 4.12. The van der Waals surface area contributed by atoms with E-state index in [1.54, 1.807) is 0 Å². The number of hydrogen-bond donors (Lipinski definition) is 1. The third-order valence-corrected chi connectivity index (χ3v) is 1.91. The average molecular weight is 144 g/mol. The molecule has 0 rings (SSSR count). The number of hydrogen-bond acceptors (Lipinski definition) is 2. The maximum absolute atomic E-state index is 5.44. The highest BCUT2D eigenvalue weighted by atomic mass is 15.1. The van der Waals surface area contributed by atoms with E-state index in [1.165, 1.54) is 13.0 Å². The molecule has 0 saturated carbocycles. The van der Waals surface area contributed by atoms with Gasteiger partial charge in [-0.25, -0.2) is 0 Å². The van der Waals surface area contributed by atoms with E-state index in [1.807, 2.05) is 0 Å². The van der Waals surface area contributed by atoms with Crippen molar-refractivity contribution in [2.75, 3.05) is 20.1 Å². The Labute approximate surface area is 64.4 Å². The van der Waals surface area contributed by atoms with Crippen LogP contribution in [0.1, 0.15) is 26.7 Å². The van der Waals surface area contributed by atoms with E-state index in [0.717, 1.165) is 13.0 Å². The Bertz CT molecular complexity index is 63.7. The van der Waals surface area contributed by atoms with Gasteiger partial charge in [-0.05, 0) is 39.9 Å². The fourth-order valence-corrected chi connectivity index (χ4v) is 1.03. The highest BCUT2D eigenvalue weighted by Crippen LogP contribution is 1.99. The lowest BCUT2D eigenvalue weighted by molar-refractivity contribution is 0.249. The van der Waals surface area contributed by atoms with Crippen LogP contribution in [-0.4, -0.2) is 31.1 Å². The molecule has 0 aromatic carbocycles. The zero-order valence-electron chi connectivity index (χ0n) is 7.43. The zero-order chi connectivity index (χ0) is 7.98. The molecular formula is C8H20N2. The fraction of sp³-hybridized carbons (Fsp3) is 1.00. The van der Waals surface area contributed by atoms with Gasteiger partial charge in [0.15, 0.2) is 0 Å². The van der Waals surface area contributed by atoms with Gasteiger partial charge in [0.2, 0.25) is 0 Å². The summed E-state index contributed by atoms with van der Waals surface area (Å²) in [6.45, 7) is 6.41. The van der Waals surface area contributed by atoms with Crippen molar-refractivity contribution in [2.45, 2.75) is 32.7 Å². The van der Waals surface area contributed by atoms with E-state index in [2.05, 4.69) is 25.8 Å². The highest BCUT2D eigenvalue weighted by molar-refractivity contribution is 4.62. The van der Waals surface area contributed by atoms with Gasteiger partial charge in [-0.15, -0.1) is 0 Å². The molecule has 0 fully saturated rings. The molecule has 10 heavy (non-hydrogen) atoms. The molecule has 0 bridgehead atoms. The second kappa shape index (κ2) is 5.69. The van der Waals surface area contributed by atoms with Gasteiger partial charge in [-0.2, -0.15) is 0 Å². The number of rotatable bonds is 5. The van der Waals surface area contributed by atoms with Crippen LogP contribution in [0.25, 0.3) is 0 Å². The van der Waals surface area contributed by atoms with Crippen LogP contribution < -0.4 is 5.73 Å². The van der Waals surface area contributed by atoms with E-state index in [4.69, 9.17) is 5.73 Å². The third-order valence-electron chi connectivity index (χ3n) is 1.91. The Kier molecular flexibility index (Phi) is 5.64. The lowest BCUT2D eigenvalue weighted by Gasteiger charge is -2.23. The Morgan fingerprint density at radius 2 is 2.10 bits per heavy atom. The quantitative estimate of drug-likeness (QED) is 0.625. The summed E-state index contributed by atoms with van der Waals surface area (Å²) in [5.74, 6) is 0. The summed E-state index contributed by atoms with van der Waals surface area (Å²) >= 11 is 0. The van der Waals surface area contributed by atoms with Crippen molar-refractivity contribution in [1.29, 1.82) is 0 Å². The van der Waals surface area contributed by atoms with Crippen LogP contribution in [0, 0.1) is 0 Å². The Morgan fingerprint density at radius 3 is 2.50 bits per heavy atom. The summed E-state index contributed by atoms with van der Waals surface area (Å²) in [6.07, 6.45) is 2.34. The summed E-state index contributed by atoms with van der Waals surface area (Å²) < 4.78 is 0. The van der Waals surface area contributed by atoms with Crippen molar-refractivity contribution >= 4 is 0 Å². The van der Waals surface area contributed by atoms with Crippen molar-refractivity contribution in [3.63, 3.8) is 0 Å². The summed E-state index contributed by atoms with van der Waals surface area (Å²) in [4.78, 5) is 2.35. The molecule has 0 radical (unpaired) electrons. The lowest BCUT2D eigenvalue weighted by Crippen LogP contribution is -2.31. The first kappa shape index (κ1) is 9.92. The van der Waals surface area contributed by atoms with Gasteiger partial charge in [0.1, 0.15) is 0 Å². The minimum atomic E-state index is 0.643. The van der Waals surface area contributed by atoms with Gasteiger partial charge < -0.3 is 10.6 Å². The van der Waals surface area contributed by atoms with E-state index in [0.29, 0.717) is 6.04 Å². The van der Waals surface area contributed by atoms with Crippen molar-refractivity contribution in [3.8, 4) is 0 Å². The van der Waals surface area contributed by atoms with Gasteiger partial charge >= 0.3 is 0 Å². The lowest BCUT2D eigenvalue weighted by atomic mass is 10.2. The van der Waals surface area contributed by atoms with Gasteiger partial charge in [0, 0.05) is 6.04 Å². The molecule has 62 valence electrons. The van der Waals surface area contributed by atoms with Crippen LogP contribution in [-0.2, 0) is 0 Å². The van der Waals surface area contributed by atoms with Crippen LogP contribution >= 0.6 is 0 Å². The number of nitrogens with two attached hydrogens (primary N) is 1. The minimum absolute atomic E-state index is 0.643. The van der Waals surface area contributed by atoms with Gasteiger partial charge in [-0.1, -0.05) is 6.92 Å². The Morgan fingerprint density at radius 1 is 1.50 bits per heavy atom. The molecule has 2 nitrogen and oxygen atoms in total. The molecule has 2 N–H and O–H groups in total. The maximum atomic E-state index is 5.44. The normalized spacial score (nSPS) is 14.1. The third kappa shape index (κ3) is 3.85. The van der Waals surface area contributed by atoms with Crippen molar-refractivity contribution in [1.82, 2.24) is 4.90 Å². The number of nitrogens with zero attached hydrogens (tertiary/aromatic N) is 1. The van der Waals surface area contributed by atoms with Crippen LogP contribution in [0.15, 0.2) is 0 Å². The summed E-state index contributed by atoms with van der Waals surface area (Å²) in [7, 11) is 2.16. The van der Waals surface area contributed by atoms with E-state index < -0.39 is 0 Å². The molecule has 1 atom stereocenters. The van der Waals surface area contributed by atoms with Crippen molar-refractivity contribution in [3.05, 3.63) is 0 Å². The second-order valence-corrected chi connectivity index (χ2v) is 2.91. The fourth-order valence-electron chi connectivity index (χ4n) is 1.03. The minimum Gasteiger partial charge on any atom is -0.330 e. The molecule has 0 aliphatic carbocycles. The topological polar surface area (TPSA) is 29.3 Å². The van der Waals surface area contributed by atoms with Gasteiger partial charge in [0.25, 0.3) is 0 Å². The predicted molar refractivity (Wildman–Crippen MR) is 46.1 cm³/mol. The van der Waals surface area contributed by atoms with Gasteiger partial charge in [-0.3, -0.25) is 0 Å². The Balaban J connectivity index is 3.38. The average Bonchev–Trinajstić information content (AvgIpc) is 1.89. The molecule has 0 aromatic heterocycles. The molecule has 1 unspecified atom stereocenters. The van der Waals surface area contributed by atoms with Gasteiger partial charge in [0.05, 0.1) is 0 Å². The molecule has 0 amide bonds. The van der Waals surface area contributed by atoms with E-state index in [-0.39, 0.29) is 0 Å². The molecule has 0 aliphatic heterocycles. The van der Waals surface area contributed by atoms with Crippen LogP contribution in [0.3, 0.4) is 0 Å². The van der Waals surface area contributed by atoms with E-state index >= 15 is 0 Å². The molecule has 0 saturated heterocycles. The predicted octanol–water partition coefficient (Wildman–Crippen LogP) is 1.07. The van der Waals surface area contributed by atoms with Crippen LogP contribution in [0.5, 0.6) is 0 Å². The van der Waals surface area contributed by atoms with E-state index in [9.17, 15) is 0 Å². The summed E-state index contributed by atoms with van der Waals surface area (Å²) in [6, 6.07) is 0.643. The van der Waals surface area contributed by atoms with Crippen LogP contribution in [0.2, 0.25) is 0 Å². The zero-order valence-corrected chi connectivity index (χ0v) is 7.43. The molecular weight excluding hydrogens is 124 g/mol. The summed E-state index contributed by atoms with van der Waals surface area (Å²) in [5, 5.41) is 0. The monoisotopic (exact) mass is 144 g/mol. The molecule has 0 heterocycles.